The Bertz CT molecular complexity index is 892. The van der Waals surface area contributed by atoms with Crippen LogP contribution in [0.1, 0.15) is 32.1 Å². The molecule has 7 nitrogen and oxygen atoms in total. The van der Waals surface area contributed by atoms with E-state index in [4.69, 9.17) is 4.42 Å². The highest BCUT2D eigenvalue weighted by atomic mass is 16.3. The Balaban J connectivity index is 1.29. The number of rotatable bonds is 4. The van der Waals surface area contributed by atoms with Crippen LogP contribution in [-0.2, 0) is 0 Å². The molecule has 3 heterocycles. The fourth-order valence-electron chi connectivity index (χ4n) is 4.33. The van der Waals surface area contributed by atoms with Gasteiger partial charge < -0.3 is 9.73 Å². The number of hydrogen-bond acceptors (Lipinski definition) is 7. The molecule has 1 aromatic carbocycles. The molecular formula is C20H24N6O. The number of nitrogens with one attached hydrogen (secondary N) is 3. The van der Waals surface area contributed by atoms with Crippen molar-refractivity contribution in [3.8, 4) is 11.5 Å². The number of hydrogen-bond donors (Lipinski definition) is 3. The monoisotopic (exact) mass is 364 g/mol. The molecule has 1 saturated heterocycles. The van der Waals surface area contributed by atoms with Crippen LogP contribution in [0.4, 0.5) is 5.95 Å². The number of benzene rings is 1. The topological polar surface area (TPSA) is 87.9 Å². The molecule has 2 aromatic heterocycles. The van der Waals surface area contributed by atoms with Crippen LogP contribution >= 0.6 is 0 Å². The molecule has 140 valence electrons. The fraction of sp³-hybridized carbons (Fsp3) is 0.450. The summed E-state index contributed by atoms with van der Waals surface area (Å²) < 4.78 is 5.89. The Hall–Kier alpha value is -2.51. The average molecular weight is 364 g/mol. The predicted molar refractivity (Wildman–Crippen MR) is 104 cm³/mol. The third kappa shape index (κ3) is 3.40. The molecule has 0 amide bonds. The minimum Gasteiger partial charge on any atom is -0.454 e. The Morgan fingerprint density at radius 1 is 1.11 bits per heavy atom. The molecule has 7 heteroatoms. The van der Waals surface area contributed by atoms with Crippen LogP contribution in [0.3, 0.4) is 0 Å². The van der Waals surface area contributed by atoms with E-state index in [0.29, 0.717) is 35.4 Å². The summed E-state index contributed by atoms with van der Waals surface area (Å²) in [7, 11) is 0. The van der Waals surface area contributed by atoms with Crippen LogP contribution in [-0.4, -0.2) is 33.8 Å². The summed E-state index contributed by atoms with van der Waals surface area (Å²) in [5.41, 5.74) is 8.47. The van der Waals surface area contributed by atoms with Gasteiger partial charge in [0.05, 0.1) is 6.20 Å². The van der Waals surface area contributed by atoms with Crippen molar-refractivity contribution in [1.82, 2.24) is 26.0 Å². The molecule has 0 radical (unpaired) electrons. The lowest BCUT2D eigenvalue weighted by Gasteiger charge is -2.20. The van der Waals surface area contributed by atoms with Crippen molar-refractivity contribution in [3.63, 3.8) is 0 Å². The summed E-state index contributed by atoms with van der Waals surface area (Å²) in [4.78, 5) is 4.60. The smallest absolute Gasteiger partial charge is 0.243 e. The van der Waals surface area contributed by atoms with Crippen molar-refractivity contribution in [2.24, 2.45) is 5.92 Å². The molecule has 1 aliphatic carbocycles. The first-order valence-corrected chi connectivity index (χ1v) is 9.80. The first-order chi connectivity index (χ1) is 13.4. The van der Waals surface area contributed by atoms with Gasteiger partial charge in [0.15, 0.2) is 5.76 Å². The molecule has 3 N–H and O–H groups in total. The average Bonchev–Trinajstić information content (AvgIpc) is 3.23. The molecule has 2 aliphatic rings. The largest absolute Gasteiger partial charge is 0.454 e. The molecule has 3 aromatic rings. The van der Waals surface area contributed by atoms with Gasteiger partial charge in [-0.25, -0.2) is 4.98 Å². The first kappa shape index (κ1) is 16.6. The van der Waals surface area contributed by atoms with Gasteiger partial charge in [0.2, 0.25) is 5.95 Å². The second-order valence-corrected chi connectivity index (χ2v) is 7.50. The van der Waals surface area contributed by atoms with Crippen LogP contribution in [0.2, 0.25) is 0 Å². The zero-order chi connectivity index (χ0) is 18.1. The number of aromatic nitrogens is 3. The molecule has 5 rings (SSSR count). The third-order valence-electron chi connectivity index (χ3n) is 5.76. The maximum absolute atomic E-state index is 5.89. The first-order valence-electron chi connectivity index (χ1n) is 9.80. The number of furan rings is 1. The number of nitrogens with zero attached hydrogens (tertiary/aromatic N) is 3. The van der Waals surface area contributed by atoms with Crippen LogP contribution in [0, 0.1) is 5.92 Å². The highest BCUT2D eigenvalue weighted by Gasteiger charge is 2.35. The Labute approximate surface area is 157 Å². The summed E-state index contributed by atoms with van der Waals surface area (Å²) in [6, 6.07) is 10.9. The predicted octanol–water partition coefficient (Wildman–Crippen LogP) is 3.12. The SMILES string of the molecule is c1ccc2oc(-c3cnnc(NCC4NNC5CCCCCC54)n3)cc2c1. The van der Waals surface area contributed by atoms with E-state index in [1.165, 1.54) is 32.1 Å². The Kier molecular flexibility index (Phi) is 4.47. The van der Waals surface area contributed by atoms with Crippen molar-refractivity contribution in [1.29, 1.82) is 0 Å². The van der Waals surface area contributed by atoms with E-state index in [1.54, 1.807) is 6.20 Å². The van der Waals surface area contributed by atoms with Crippen LogP contribution in [0.15, 0.2) is 40.9 Å². The van der Waals surface area contributed by atoms with Gasteiger partial charge in [-0.3, -0.25) is 10.9 Å². The molecule has 3 unspecified atom stereocenters. The Morgan fingerprint density at radius 3 is 3.00 bits per heavy atom. The number of anilines is 1. The molecule has 2 fully saturated rings. The highest BCUT2D eigenvalue weighted by Crippen LogP contribution is 2.29. The highest BCUT2D eigenvalue weighted by molar-refractivity contribution is 5.82. The van der Waals surface area contributed by atoms with Crippen molar-refractivity contribution in [3.05, 3.63) is 36.5 Å². The molecule has 0 bridgehead atoms. The molecule has 0 spiro atoms. The van der Waals surface area contributed by atoms with E-state index >= 15 is 0 Å². The minimum absolute atomic E-state index is 0.381. The van der Waals surface area contributed by atoms with Crippen molar-refractivity contribution in [2.75, 3.05) is 11.9 Å². The standard InChI is InChI=1S/C20H24N6O/c1-2-7-14-15(8-3-1)24-25-16(14)11-21-20-23-17(12-22-26-20)19-10-13-6-4-5-9-18(13)27-19/h4-6,9-10,12,14-16,24-25H,1-3,7-8,11H2,(H,21,23,26). The quantitative estimate of drug-likeness (QED) is 0.655. The van der Waals surface area contributed by atoms with Crippen molar-refractivity contribution < 1.29 is 4.42 Å². The van der Waals surface area contributed by atoms with Crippen LogP contribution < -0.4 is 16.2 Å². The second kappa shape index (κ2) is 7.25. The third-order valence-corrected chi connectivity index (χ3v) is 5.76. The van der Waals surface area contributed by atoms with E-state index in [0.717, 1.165) is 17.5 Å². The van der Waals surface area contributed by atoms with Gasteiger partial charge in [0, 0.05) is 24.0 Å². The summed E-state index contributed by atoms with van der Waals surface area (Å²) >= 11 is 0. The maximum Gasteiger partial charge on any atom is 0.243 e. The van der Waals surface area contributed by atoms with E-state index in [2.05, 4.69) is 31.3 Å². The molecule has 3 atom stereocenters. The second-order valence-electron chi connectivity index (χ2n) is 7.50. The molecular weight excluding hydrogens is 340 g/mol. The Morgan fingerprint density at radius 2 is 2.04 bits per heavy atom. The fourth-order valence-corrected chi connectivity index (χ4v) is 4.33. The zero-order valence-corrected chi connectivity index (χ0v) is 15.2. The lowest BCUT2D eigenvalue weighted by molar-refractivity contribution is 0.395. The van der Waals surface area contributed by atoms with E-state index in [1.807, 2.05) is 30.3 Å². The summed E-state index contributed by atoms with van der Waals surface area (Å²) in [6.45, 7) is 0.777. The van der Waals surface area contributed by atoms with Gasteiger partial charge in [-0.15, -0.1) is 5.10 Å². The van der Waals surface area contributed by atoms with Crippen LogP contribution in [0.5, 0.6) is 0 Å². The normalized spacial score (nSPS) is 25.3. The van der Waals surface area contributed by atoms with Gasteiger partial charge in [0.25, 0.3) is 0 Å². The summed E-state index contributed by atoms with van der Waals surface area (Å²) in [5.74, 6) is 1.90. The van der Waals surface area contributed by atoms with E-state index < -0.39 is 0 Å². The summed E-state index contributed by atoms with van der Waals surface area (Å²) in [5, 5.41) is 12.7. The van der Waals surface area contributed by atoms with Crippen molar-refractivity contribution in [2.45, 2.75) is 44.2 Å². The van der Waals surface area contributed by atoms with Gasteiger partial charge >= 0.3 is 0 Å². The molecule has 27 heavy (non-hydrogen) atoms. The molecule has 1 saturated carbocycles. The maximum atomic E-state index is 5.89. The van der Waals surface area contributed by atoms with E-state index in [-0.39, 0.29) is 0 Å². The van der Waals surface area contributed by atoms with Gasteiger partial charge in [-0.1, -0.05) is 37.5 Å². The number of para-hydroxylation sites is 1. The molecule has 1 aliphatic heterocycles. The lowest BCUT2D eigenvalue weighted by atomic mass is 9.90. The minimum atomic E-state index is 0.381. The lowest BCUT2D eigenvalue weighted by Crippen LogP contribution is -2.38. The van der Waals surface area contributed by atoms with E-state index in [9.17, 15) is 0 Å². The zero-order valence-electron chi connectivity index (χ0n) is 15.2. The van der Waals surface area contributed by atoms with Crippen LogP contribution in [0.25, 0.3) is 22.4 Å². The summed E-state index contributed by atoms with van der Waals surface area (Å²) in [6.07, 6.45) is 8.16. The van der Waals surface area contributed by atoms with Gasteiger partial charge in [0.1, 0.15) is 11.3 Å². The van der Waals surface area contributed by atoms with Gasteiger partial charge in [-0.2, -0.15) is 5.10 Å². The van der Waals surface area contributed by atoms with Gasteiger partial charge in [-0.05, 0) is 30.9 Å². The van der Waals surface area contributed by atoms with Crippen molar-refractivity contribution >= 4 is 16.9 Å². The number of hydrazine groups is 1. The number of fused-ring (bicyclic) bond motifs is 2.